The van der Waals surface area contributed by atoms with Gasteiger partial charge in [-0.2, -0.15) is 0 Å². The quantitative estimate of drug-likeness (QED) is 0.857. The number of hydrogen-bond acceptors (Lipinski definition) is 4. The second-order valence-corrected chi connectivity index (χ2v) is 4.14. The molecule has 0 amide bonds. The number of nitrogens with two attached hydrogens (primary N) is 1. The lowest BCUT2D eigenvalue weighted by Crippen LogP contribution is -2.09. The summed E-state index contributed by atoms with van der Waals surface area (Å²) >= 11 is 4.70. The molecule has 0 radical (unpaired) electrons. The fourth-order valence-corrected chi connectivity index (χ4v) is 2.45. The minimum atomic E-state index is -0.588. The second kappa shape index (κ2) is 4.23. The van der Waals surface area contributed by atoms with Gasteiger partial charge in [0.2, 0.25) is 0 Å². The summed E-state index contributed by atoms with van der Waals surface area (Å²) in [6.07, 6.45) is -0.588. The van der Waals surface area contributed by atoms with Gasteiger partial charge in [-0.25, -0.2) is 0 Å². The Labute approximate surface area is 83.3 Å². The van der Waals surface area contributed by atoms with Crippen LogP contribution in [0.2, 0.25) is 0 Å². The molecule has 0 aliphatic rings. The summed E-state index contributed by atoms with van der Waals surface area (Å²) in [7, 11) is 1.59. The standard InChI is InChI=1S/C7H10BrNO2S/c1-11-7-4(8)2-6(12-7)5(10)3-9/h2,5,10H,3,9H2,1H3. The average Bonchev–Trinajstić information content (AvgIpc) is 2.45. The molecule has 0 aliphatic carbocycles. The molecular weight excluding hydrogens is 242 g/mol. The zero-order valence-corrected chi connectivity index (χ0v) is 8.98. The van der Waals surface area contributed by atoms with Crippen LogP contribution < -0.4 is 10.5 Å². The van der Waals surface area contributed by atoms with Gasteiger partial charge >= 0.3 is 0 Å². The molecule has 1 heterocycles. The van der Waals surface area contributed by atoms with Gasteiger partial charge in [0.15, 0.2) is 5.06 Å². The van der Waals surface area contributed by atoms with Crippen molar-refractivity contribution in [3.05, 3.63) is 15.4 Å². The van der Waals surface area contributed by atoms with E-state index in [2.05, 4.69) is 15.9 Å². The maximum absolute atomic E-state index is 9.37. The first-order valence-electron chi connectivity index (χ1n) is 3.40. The van der Waals surface area contributed by atoms with Gasteiger partial charge in [-0.05, 0) is 22.0 Å². The lowest BCUT2D eigenvalue weighted by Gasteiger charge is -2.01. The highest BCUT2D eigenvalue weighted by Crippen LogP contribution is 2.37. The third kappa shape index (κ3) is 1.98. The Morgan fingerprint density at radius 2 is 2.50 bits per heavy atom. The normalized spacial score (nSPS) is 13.0. The van der Waals surface area contributed by atoms with Crippen LogP contribution in [0.1, 0.15) is 11.0 Å². The van der Waals surface area contributed by atoms with E-state index in [4.69, 9.17) is 10.5 Å². The van der Waals surface area contributed by atoms with Crippen molar-refractivity contribution in [1.29, 1.82) is 0 Å². The van der Waals surface area contributed by atoms with Crippen LogP contribution in [0.3, 0.4) is 0 Å². The van der Waals surface area contributed by atoms with E-state index in [1.807, 2.05) is 6.07 Å². The minimum Gasteiger partial charge on any atom is -0.486 e. The van der Waals surface area contributed by atoms with Crippen molar-refractivity contribution in [2.75, 3.05) is 13.7 Å². The van der Waals surface area contributed by atoms with Crippen LogP contribution in [0, 0.1) is 0 Å². The SMILES string of the molecule is COc1sc(C(O)CN)cc1Br. The molecule has 0 saturated heterocycles. The van der Waals surface area contributed by atoms with Gasteiger partial charge in [-0.3, -0.25) is 0 Å². The first kappa shape index (κ1) is 9.98. The van der Waals surface area contributed by atoms with Gasteiger partial charge in [-0.1, -0.05) is 0 Å². The van der Waals surface area contributed by atoms with Crippen LogP contribution >= 0.6 is 27.3 Å². The van der Waals surface area contributed by atoms with E-state index in [1.165, 1.54) is 11.3 Å². The highest BCUT2D eigenvalue weighted by atomic mass is 79.9. The van der Waals surface area contributed by atoms with Gasteiger partial charge in [0.25, 0.3) is 0 Å². The summed E-state index contributed by atoms with van der Waals surface area (Å²) < 4.78 is 5.90. The van der Waals surface area contributed by atoms with Gasteiger partial charge in [0, 0.05) is 11.4 Å². The fraction of sp³-hybridized carbons (Fsp3) is 0.429. The van der Waals surface area contributed by atoms with Crippen molar-refractivity contribution in [2.45, 2.75) is 6.10 Å². The van der Waals surface area contributed by atoms with E-state index in [0.29, 0.717) is 0 Å². The summed E-state index contributed by atoms with van der Waals surface area (Å²) in [5, 5.41) is 10.1. The predicted octanol–water partition coefficient (Wildman–Crippen LogP) is 1.51. The topological polar surface area (TPSA) is 55.5 Å². The van der Waals surface area contributed by atoms with E-state index in [0.717, 1.165) is 14.4 Å². The Morgan fingerprint density at radius 3 is 2.92 bits per heavy atom. The number of ether oxygens (including phenoxy) is 1. The maximum Gasteiger partial charge on any atom is 0.188 e. The van der Waals surface area contributed by atoms with E-state index in [9.17, 15) is 5.11 Å². The first-order valence-corrected chi connectivity index (χ1v) is 5.01. The van der Waals surface area contributed by atoms with E-state index in [-0.39, 0.29) is 6.54 Å². The van der Waals surface area contributed by atoms with Gasteiger partial charge in [-0.15, -0.1) is 11.3 Å². The summed E-state index contributed by atoms with van der Waals surface area (Å²) in [6.45, 7) is 0.232. The summed E-state index contributed by atoms with van der Waals surface area (Å²) in [6, 6.07) is 1.82. The number of aliphatic hydroxyl groups excluding tert-OH is 1. The fourth-order valence-electron chi connectivity index (χ4n) is 0.789. The number of methoxy groups -OCH3 is 1. The molecule has 1 rings (SSSR count). The molecule has 0 saturated carbocycles. The molecule has 1 unspecified atom stereocenters. The van der Waals surface area contributed by atoms with E-state index in [1.54, 1.807) is 7.11 Å². The van der Waals surface area contributed by atoms with Crippen LogP contribution in [0.5, 0.6) is 5.06 Å². The van der Waals surface area contributed by atoms with Gasteiger partial charge < -0.3 is 15.6 Å². The second-order valence-electron chi connectivity index (χ2n) is 2.24. The molecule has 1 atom stereocenters. The zero-order valence-electron chi connectivity index (χ0n) is 6.58. The molecule has 0 spiro atoms. The van der Waals surface area contributed by atoms with Crippen molar-refractivity contribution < 1.29 is 9.84 Å². The van der Waals surface area contributed by atoms with Crippen LogP contribution in [0.25, 0.3) is 0 Å². The molecule has 0 aliphatic heterocycles. The Hall–Kier alpha value is -0.100. The monoisotopic (exact) mass is 251 g/mol. The number of aliphatic hydroxyl groups is 1. The van der Waals surface area contributed by atoms with Crippen molar-refractivity contribution in [3.8, 4) is 5.06 Å². The van der Waals surface area contributed by atoms with Crippen molar-refractivity contribution >= 4 is 27.3 Å². The Balaban J connectivity index is 2.88. The predicted molar refractivity (Wildman–Crippen MR) is 52.6 cm³/mol. The lowest BCUT2D eigenvalue weighted by molar-refractivity contribution is 0.190. The Kier molecular flexibility index (Phi) is 3.52. The zero-order chi connectivity index (χ0) is 9.14. The van der Waals surface area contributed by atoms with Crippen LogP contribution in [0.4, 0.5) is 0 Å². The maximum atomic E-state index is 9.37. The number of hydrogen-bond donors (Lipinski definition) is 2. The van der Waals surface area contributed by atoms with Crippen LogP contribution in [-0.2, 0) is 0 Å². The number of rotatable bonds is 3. The highest BCUT2D eigenvalue weighted by Gasteiger charge is 2.12. The van der Waals surface area contributed by atoms with Crippen molar-refractivity contribution in [3.63, 3.8) is 0 Å². The van der Waals surface area contributed by atoms with Crippen molar-refractivity contribution in [1.82, 2.24) is 0 Å². The third-order valence-corrected chi connectivity index (χ3v) is 3.46. The molecule has 1 aromatic rings. The largest absolute Gasteiger partial charge is 0.486 e. The Bertz CT molecular complexity index is 264. The molecule has 3 nitrogen and oxygen atoms in total. The first-order chi connectivity index (χ1) is 5.69. The van der Waals surface area contributed by atoms with Gasteiger partial charge in [0.1, 0.15) is 6.10 Å². The van der Waals surface area contributed by atoms with Crippen molar-refractivity contribution in [2.24, 2.45) is 5.73 Å². The molecule has 1 aromatic heterocycles. The number of halogens is 1. The summed E-state index contributed by atoms with van der Waals surface area (Å²) in [5.74, 6) is 0. The molecule has 0 fully saturated rings. The summed E-state index contributed by atoms with van der Waals surface area (Å²) in [5.41, 5.74) is 5.31. The van der Waals surface area contributed by atoms with Crippen LogP contribution in [0.15, 0.2) is 10.5 Å². The van der Waals surface area contributed by atoms with Gasteiger partial charge in [0.05, 0.1) is 11.6 Å². The molecule has 0 bridgehead atoms. The Morgan fingerprint density at radius 1 is 1.83 bits per heavy atom. The summed E-state index contributed by atoms with van der Waals surface area (Å²) in [4.78, 5) is 0.821. The lowest BCUT2D eigenvalue weighted by atomic mass is 10.3. The molecule has 12 heavy (non-hydrogen) atoms. The molecule has 68 valence electrons. The molecular formula is C7H10BrNO2S. The smallest absolute Gasteiger partial charge is 0.188 e. The number of thiophene rings is 1. The third-order valence-electron chi connectivity index (χ3n) is 1.41. The molecule has 5 heteroatoms. The highest BCUT2D eigenvalue weighted by molar-refractivity contribution is 9.10. The average molecular weight is 252 g/mol. The molecule has 0 aromatic carbocycles. The molecule has 3 N–H and O–H groups in total. The van der Waals surface area contributed by atoms with Crippen LogP contribution in [-0.4, -0.2) is 18.8 Å². The van der Waals surface area contributed by atoms with E-state index < -0.39 is 6.10 Å². The van der Waals surface area contributed by atoms with E-state index >= 15 is 0 Å². The minimum absolute atomic E-state index is 0.232.